The second-order valence-corrected chi connectivity index (χ2v) is 6.97. The maximum Gasteiger partial charge on any atom is 0.246 e. The predicted molar refractivity (Wildman–Crippen MR) is 100 cm³/mol. The molecule has 138 valence electrons. The third kappa shape index (κ3) is 3.70. The summed E-state index contributed by atoms with van der Waals surface area (Å²) >= 11 is 0. The van der Waals surface area contributed by atoms with Gasteiger partial charge in [0.1, 0.15) is 5.82 Å². The molecule has 0 aliphatic carbocycles. The Morgan fingerprint density at radius 1 is 1.31 bits per heavy atom. The minimum absolute atomic E-state index is 0.00210. The maximum absolute atomic E-state index is 13.1. The summed E-state index contributed by atoms with van der Waals surface area (Å²) < 4.78 is 14.9. The first-order valence-corrected chi connectivity index (χ1v) is 8.93. The number of carbonyl (C=O) groups excluding carboxylic acids is 1. The number of benzene rings is 1. The molecule has 1 aromatic heterocycles. The smallest absolute Gasteiger partial charge is 0.246 e. The van der Waals surface area contributed by atoms with Crippen LogP contribution in [0, 0.1) is 19.7 Å². The Balaban J connectivity index is 1.80. The highest BCUT2D eigenvalue weighted by atomic mass is 19.1. The Hall–Kier alpha value is -2.47. The van der Waals surface area contributed by atoms with E-state index < -0.39 is 0 Å². The van der Waals surface area contributed by atoms with Gasteiger partial charge in [0.05, 0.1) is 11.4 Å². The van der Waals surface area contributed by atoms with Gasteiger partial charge in [-0.2, -0.15) is 5.10 Å². The lowest BCUT2D eigenvalue weighted by Gasteiger charge is -2.35. The Bertz CT molecular complexity index is 825. The van der Waals surface area contributed by atoms with Gasteiger partial charge in [-0.05, 0) is 64.0 Å². The minimum atomic E-state index is -0.281. The van der Waals surface area contributed by atoms with E-state index in [1.165, 1.54) is 12.1 Å². The molecule has 0 bridgehead atoms. The second-order valence-electron chi connectivity index (χ2n) is 6.97. The van der Waals surface area contributed by atoms with Gasteiger partial charge in [0, 0.05) is 36.0 Å². The zero-order chi connectivity index (χ0) is 18.8. The first kappa shape index (κ1) is 18.3. The SMILES string of the molecule is Cc1nn(-c2ccc(F)cc2)c(C)c1C=CC(=O)N1CCC(N)CC1C. The molecular formula is C20H25FN4O. The Kier molecular flexibility index (Phi) is 5.23. The number of piperidine rings is 1. The summed E-state index contributed by atoms with van der Waals surface area (Å²) in [7, 11) is 0. The fraction of sp³-hybridized carbons (Fsp3) is 0.400. The van der Waals surface area contributed by atoms with E-state index >= 15 is 0 Å². The van der Waals surface area contributed by atoms with Gasteiger partial charge in [0.2, 0.25) is 5.91 Å². The van der Waals surface area contributed by atoms with E-state index in [1.54, 1.807) is 22.9 Å². The van der Waals surface area contributed by atoms with Gasteiger partial charge in [0.15, 0.2) is 0 Å². The molecule has 1 amide bonds. The summed E-state index contributed by atoms with van der Waals surface area (Å²) in [5.41, 5.74) is 9.40. The number of aryl methyl sites for hydroxylation is 1. The summed E-state index contributed by atoms with van der Waals surface area (Å²) in [5, 5.41) is 4.53. The van der Waals surface area contributed by atoms with Crippen LogP contribution in [0.4, 0.5) is 4.39 Å². The lowest BCUT2D eigenvalue weighted by Crippen LogP contribution is -2.47. The van der Waals surface area contributed by atoms with Crippen molar-refractivity contribution in [2.24, 2.45) is 5.73 Å². The lowest BCUT2D eigenvalue weighted by atomic mass is 9.99. The molecular weight excluding hydrogens is 331 g/mol. The number of carbonyl (C=O) groups is 1. The molecule has 2 aromatic rings. The van der Waals surface area contributed by atoms with Gasteiger partial charge in [-0.1, -0.05) is 0 Å². The van der Waals surface area contributed by atoms with Crippen LogP contribution >= 0.6 is 0 Å². The standard InChI is InChI=1S/C20H25FN4O/c1-13-12-17(22)10-11-24(13)20(26)9-8-19-14(2)23-25(15(19)3)18-6-4-16(21)5-7-18/h4-9,13,17H,10-12,22H2,1-3H3. The number of halogens is 1. The number of amides is 1. The summed E-state index contributed by atoms with van der Waals surface area (Å²) in [6.45, 7) is 6.57. The van der Waals surface area contributed by atoms with E-state index in [4.69, 9.17) is 5.73 Å². The van der Waals surface area contributed by atoms with E-state index in [0.717, 1.165) is 35.5 Å². The van der Waals surface area contributed by atoms with E-state index in [0.29, 0.717) is 6.54 Å². The first-order valence-electron chi connectivity index (χ1n) is 8.93. The predicted octanol–water partition coefficient (Wildman–Crippen LogP) is 2.98. The van der Waals surface area contributed by atoms with Crippen molar-refractivity contribution in [2.45, 2.75) is 45.7 Å². The molecule has 0 radical (unpaired) electrons. The molecule has 6 heteroatoms. The third-order valence-electron chi connectivity index (χ3n) is 5.01. The van der Waals surface area contributed by atoms with Crippen molar-refractivity contribution in [1.82, 2.24) is 14.7 Å². The molecule has 1 aliphatic rings. The summed E-state index contributed by atoms with van der Waals surface area (Å²) in [5.74, 6) is -0.283. The maximum atomic E-state index is 13.1. The molecule has 1 fully saturated rings. The van der Waals surface area contributed by atoms with Crippen molar-refractivity contribution in [3.8, 4) is 5.69 Å². The molecule has 26 heavy (non-hydrogen) atoms. The molecule has 2 atom stereocenters. The van der Waals surface area contributed by atoms with Crippen molar-refractivity contribution in [3.63, 3.8) is 0 Å². The van der Waals surface area contributed by atoms with Gasteiger partial charge in [-0.25, -0.2) is 9.07 Å². The minimum Gasteiger partial charge on any atom is -0.336 e. The van der Waals surface area contributed by atoms with E-state index in [2.05, 4.69) is 5.10 Å². The van der Waals surface area contributed by atoms with E-state index in [1.807, 2.05) is 31.7 Å². The zero-order valence-corrected chi connectivity index (χ0v) is 15.4. The monoisotopic (exact) mass is 356 g/mol. The molecule has 0 spiro atoms. The van der Waals surface area contributed by atoms with Crippen LogP contribution in [0.3, 0.4) is 0 Å². The average molecular weight is 356 g/mol. The van der Waals surface area contributed by atoms with Crippen molar-refractivity contribution in [2.75, 3.05) is 6.54 Å². The molecule has 2 N–H and O–H groups in total. The Morgan fingerprint density at radius 3 is 2.65 bits per heavy atom. The van der Waals surface area contributed by atoms with Gasteiger partial charge < -0.3 is 10.6 Å². The van der Waals surface area contributed by atoms with Crippen LogP contribution in [-0.2, 0) is 4.79 Å². The van der Waals surface area contributed by atoms with Crippen molar-refractivity contribution in [1.29, 1.82) is 0 Å². The summed E-state index contributed by atoms with van der Waals surface area (Å²) in [4.78, 5) is 14.4. The number of nitrogens with zero attached hydrogens (tertiary/aromatic N) is 3. The quantitative estimate of drug-likeness (QED) is 0.860. The van der Waals surface area contributed by atoms with Crippen LogP contribution in [0.2, 0.25) is 0 Å². The molecule has 3 rings (SSSR count). The fourth-order valence-electron chi connectivity index (χ4n) is 3.52. The topological polar surface area (TPSA) is 64.2 Å². The number of nitrogens with two attached hydrogens (primary N) is 1. The highest BCUT2D eigenvalue weighted by Gasteiger charge is 2.25. The van der Waals surface area contributed by atoms with Gasteiger partial charge >= 0.3 is 0 Å². The molecule has 0 saturated carbocycles. The average Bonchev–Trinajstić information content (AvgIpc) is 2.88. The van der Waals surface area contributed by atoms with Crippen molar-refractivity contribution in [3.05, 3.63) is 53.1 Å². The number of rotatable bonds is 3. The van der Waals surface area contributed by atoms with Crippen LogP contribution in [0.25, 0.3) is 11.8 Å². The van der Waals surface area contributed by atoms with E-state index in [-0.39, 0.29) is 23.8 Å². The van der Waals surface area contributed by atoms with Crippen LogP contribution in [0.1, 0.15) is 36.7 Å². The highest BCUT2D eigenvalue weighted by molar-refractivity contribution is 5.92. The summed E-state index contributed by atoms with van der Waals surface area (Å²) in [6.07, 6.45) is 5.10. The summed E-state index contributed by atoms with van der Waals surface area (Å²) in [6, 6.07) is 6.52. The van der Waals surface area contributed by atoms with Crippen LogP contribution in [0.5, 0.6) is 0 Å². The van der Waals surface area contributed by atoms with Gasteiger partial charge in [-0.15, -0.1) is 0 Å². The van der Waals surface area contributed by atoms with Crippen molar-refractivity contribution < 1.29 is 9.18 Å². The largest absolute Gasteiger partial charge is 0.336 e. The van der Waals surface area contributed by atoms with Gasteiger partial charge in [-0.3, -0.25) is 4.79 Å². The first-order chi connectivity index (χ1) is 12.4. The van der Waals surface area contributed by atoms with E-state index in [9.17, 15) is 9.18 Å². The number of aromatic nitrogens is 2. The molecule has 5 nitrogen and oxygen atoms in total. The third-order valence-corrected chi connectivity index (χ3v) is 5.01. The number of hydrogen-bond donors (Lipinski definition) is 1. The van der Waals surface area contributed by atoms with Crippen LogP contribution in [0.15, 0.2) is 30.3 Å². The Labute approximate surface area is 153 Å². The Morgan fingerprint density at radius 2 is 2.00 bits per heavy atom. The molecule has 1 saturated heterocycles. The second kappa shape index (κ2) is 7.41. The molecule has 2 unspecified atom stereocenters. The molecule has 1 aromatic carbocycles. The highest BCUT2D eigenvalue weighted by Crippen LogP contribution is 2.21. The molecule has 1 aliphatic heterocycles. The zero-order valence-electron chi connectivity index (χ0n) is 15.4. The van der Waals surface area contributed by atoms with Crippen LogP contribution < -0.4 is 5.73 Å². The molecule has 2 heterocycles. The normalized spacial score (nSPS) is 20.7. The van der Waals surface area contributed by atoms with Gasteiger partial charge in [0.25, 0.3) is 0 Å². The lowest BCUT2D eigenvalue weighted by molar-refractivity contribution is -0.129. The fourth-order valence-corrected chi connectivity index (χ4v) is 3.52. The van der Waals surface area contributed by atoms with Crippen LogP contribution in [-0.4, -0.2) is 39.2 Å². The number of hydrogen-bond acceptors (Lipinski definition) is 3. The van der Waals surface area contributed by atoms with Crippen molar-refractivity contribution >= 4 is 12.0 Å². The number of likely N-dealkylation sites (tertiary alicyclic amines) is 1.